The molecule has 0 amide bonds. The van der Waals surface area contributed by atoms with E-state index >= 15 is 0 Å². The van der Waals surface area contributed by atoms with Gasteiger partial charge in [0.15, 0.2) is 0 Å². The molecule has 0 aliphatic carbocycles. The monoisotopic (exact) mass is 270 g/mol. The molecule has 0 N–H and O–H groups in total. The van der Waals surface area contributed by atoms with Crippen LogP contribution in [0, 0.1) is 0 Å². The zero-order chi connectivity index (χ0) is 14.4. The first-order valence-electron chi connectivity index (χ1n) is 6.61. The molecule has 0 heterocycles. The quantitative estimate of drug-likeness (QED) is 0.781. The summed E-state index contributed by atoms with van der Waals surface area (Å²) >= 11 is 0. The van der Waals surface area contributed by atoms with E-state index in [1.807, 2.05) is 61.5 Å². The van der Waals surface area contributed by atoms with Gasteiger partial charge in [-0.2, -0.15) is 0 Å². The molecular weight excluding hydrogens is 252 g/mol. The van der Waals surface area contributed by atoms with Gasteiger partial charge in [-0.25, -0.2) is 0 Å². The lowest BCUT2D eigenvalue weighted by atomic mass is 9.91. The predicted molar refractivity (Wildman–Crippen MR) is 77.9 cm³/mol. The van der Waals surface area contributed by atoms with Crippen molar-refractivity contribution in [1.29, 1.82) is 0 Å². The van der Waals surface area contributed by atoms with Crippen molar-refractivity contribution in [3.05, 3.63) is 65.7 Å². The third-order valence-corrected chi connectivity index (χ3v) is 3.10. The third kappa shape index (κ3) is 3.18. The summed E-state index contributed by atoms with van der Waals surface area (Å²) in [4.78, 5) is 12.2. The molecule has 0 spiro atoms. The topological polar surface area (TPSA) is 35.5 Å². The molecule has 2 rings (SSSR count). The molecule has 3 heteroatoms. The number of ether oxygens (including phenoxy) is 2. The van der Waals surface area contributed by atoms with Gasteiger partial charge < -0.3 is 9.47 Å². The van der Waals surface area contributed by atoms with E-state index in [0.29, 0.717) is 6.61 Å². The lowest BCUT2D eigenvalue weighted by Crippen LogP contribution is -2.17. The van der Waals surface area contributed by atoms with E-state index in [0.717, 1.165) is 16.9 Å². The van der Waals surface area contributed by atoms with Gasteiger partial charge in [0.05, 0.1) is 13.7 Å². The first-order chi connectivity index (χ1) is 9.76. The Morgan fingerprint density at radius 1 is 1.00 bits per heavy atom. The van der Waals surface area contributed by atoms with E-state index in [9.17, 15) is 4.79 Å². The molecule has 0 aliphatic heterocycles. The van der Waals surface area contributed by atoms with E-state index in [2.05, 4.69) is 0 Å². The smallest absolute Gasteiger partial charge is 0.317 e. The highest BCUT2D eigenvalue weighted by Crippen LogP contribution is 2.27. The molecule has 0 aliphatic rings. The van der Waals surface area contributed by atoms with E-state index in [-0.39, 0.29) is 5.97 Å². The molecule has 104 valence electrons. The van der Waals surface area contributed by atoms with Crippen molar-refractivity contribution in [2.24, 2.45) is 0 Å². The number of rotatable bonds is 5. The molecule has 3 nitrogen and oxygen atoms in total. The van der Waals surface area contributed by atoms with Crippen LogP contribution in [0.1, 0.15) is 24.0 Å². The number of benzene rings is 2. The maximum Gasteiger partial charge on any atom is 0.317 e. The van der Waals surface area contributed by atoms with Crippen LogP contribution in [0.25, 0.3) is 0 Å². The van der Waals surface area contributed by atoms with E-state index in [1.54, 1.807) is 7.11 Å². The zero-order valence-corrected chi connectivity index (χ0v) is 11.7. The summed E-state index contributed by atoms with van der Waals surface area (Å²) in [6.45, 7) is 2.19. The Labute approximate surface area is 119 Å². The van der Waals surface area contributed by atoms with Crippen molar-refractivity contribution in [2.45, 2.75) is 12.8 Å². The van der Waals surface area contributed by atoms with Crippen LogP contribution in [-0.2, 0) is 9.53 Å². The van der Waals surface area contributed by atoms with Crippen molar-refractivity contribution in [1.82, 2.24) is 0 Å². The highest BCUT2D eigenvalue weighted by Gasteiger charge is 2.23. The second-order valence-corrected chi connectivity index (χ2v) is 4.37. The molecule has 0 radical (unpaired) electrons. The second kappa shape index (κ2) is 6.75. The summed E-state index contributed by atoms with van der Waals surface area (Å²) in [5.41, 5.74) is 1.83. The normalized spacial score (nSPS) is 11.7. The van der Waals surface area contributed by atoms with Gasteiger partial charge >= 0.3 is 5.97 Å². The summed E-state index contributed by atoms with van der Waals surface area (Å²) in [5, 5.41) is 0. The van der Waals surface area contributed by atoms with Gasteiger partial charge in [-0.1, -0.05) is 42.5 Å². The Morgan fingerprint density at radius 2 is 1.60 bits per heavy atom. The molecule has 1 unspecified atom stereocenters. The van der Waals surface area contributed by atoms with Crippen LogP contribution in [0.2, 0.25) is 0 Å². The fourth-order valence-electron chi connectivity index (χ4n) is 2.13. The van der Waals surface area contributed by atoms with Crippen LogP contribution < -0.4 is 4.74 Å². The fourth-order valence-corrected chi connectivity index (χ4v) is 2.13. The van der Waals surface area contributed by atoms with Crippen LogP contribution in [0.3, 0.4) is 0 Å². The summed E-state index contributed by atoms with van der Waals surface area (Å²) in [7, 11) is 1.62. The van der Waals surface area contributed by atoms with Gasteiger partial charge in [0.25, 0.3) is 0 Å². The SMILES string of the molecule is CCOC(=O)C(c1ccccc1)c1ccc(OC)cc1. The summed E-state index contributed by atoms with van der Waals surface area (Å²) in [6, 6.07) is 17.1. The standard InChI is InChI=1S/C17H18O3/c1-3-20-17(18)16(13-7-5-4-6-8-13)14-9-11-15(19-2)12-10-14/h4-12,16H,3H2,1-2H3. The summed E-state index contributed by atoms with van der Waals surface area (Å²) < 4.78 is 10.3. The van der Waals surface area contributed by atoms with Crippen LogP contribution in [0.4, 0.5) is 0 Å². The van der Waals surface area contributed by atoms with Gasteiger partial charge in [-0.05, 0) is 30.2 Å². The van der Waals surface area contributed by atoms with Gasteiger partial charge in [0.1, 0.15) is 11.7 Å². The zero-order valence-electron chi connectivity index (χ0n) is 11.7. The molecule has 0 bridgehead atoms. The van der Waals surface area contributed by atoms with Gasteiger partial charge in [-0.15, -0.1) is 0 Å². The fraction of sp³-hybridized carbons (Fsp3) is 0.235. The second-order valence-electron chi connectivity index (χ2n) is 4.37. The Kier molecular flexibility index (Phi) is 4.77. The average Bonchev–Trinajstić information content (AvgIpc) is 2.50. The minimum Gasteiger partial charge on any atom is -0.497 e. The Balaban J connectivity index is 2.37. The molecule has 0 saturated heterocycles. The maximum absolute atomic E-state index is 12.2. The number of carbonyl (C=O) groups is 1. The molecule has 0 fully saturated rings. The molecular formula is C17H18O3. The predicted octanol–water partition coefficient (Wildman–Crippen LogP) is 3.39. The molecule has 0 aromatic heterocycles. The first kappa shape index (κ1) is 14.1. The van der Waals surface area contributed by atoms with E-state index < -0.39 is 5.92 Å². The van der Waals surface area contributed by atoms with Gasteiger partial charge in [0.2, 0.25) is 0 Å². The lowest BCUT2D eigenvalue weighted by Gasteiger charge is -2.16. The number of esters is 1. The molecule has 2 aromatic carbocycles. The van der Waals surface area contributed by atoms with Crippen LogP contribution >= 0.6 is 0 Å². The largest absolute Gasteiger partial charge is 0.497 e. The minimum atomic E-state index is -0.401. The Morgan fingerprint density at radius 3 is 2.15 bits per heavy atom. The lowest BCUT2D eigenvalue weighted by molar-refractivity contribution is -0.143. The van der Waals surface area contributed by atoms with Crippen LogP contribution in [0.15, 0.2) is 54.6 Å². The Hall–Kier alpha value is -2.29. The number of carbonyl (C=O) groups excluding carboxylic acids is 1. The van der Waals surface area contributed by atoms with Crippen molar-refractivity contribution in [2.75, 3.05) is 13.7 Å². The van der Waals surface area contributed by atoms with E-state index in [4.69, 9.17) is 9.47 Å². The maximum atomic E-state index is 12.2. The van der Waals surface area contributed by atoms with Crippen molar-refractivity contribution >= 4 is 5.97 Å². The average molecular weight is 270 g/mol. The van der Waals surface area contributed by atoms with Crippen molar-refractivity contribution in [3.63, 3.8) is 0 Å². The summed E-state index contributed by atoms with van der Waals surface area (Å²) in [6.07, 6.45) is 0. The van der Waals surface area contributed by atoms with Crippen LogP contribution in [0.5, 0.6) is 5.75 Å². The number of hydrogen-bond acceptors (Lipinski definition) is 3. The highest BCUT2D eigenvalue weighted by atomic mass is 16.5. The molecule has 20 heavy (non-hydrogen) atoms. The van der Waals surface area contributed by atoms with Crippen molar-refractivity contribution < 1.29 is 14.3 Å². The highest BCUT2D eigenvalue weighted by molar-refractivity contribution is 5.82. The molecule has 2 aromatic rings. The van der Waals surface area contributed by atoms with Gasteiger partial charge in [0, 0.05) is 0 Å². The van der Waals surface area contributed by atoms with Crippen molar-refractivity contribution in [3.8, 4) is 5.75 Å². The number of hydrogen-bond donors (Lipinski definition) is 0. The molecule has 0 saturated carbocycles. The number of methoxy groups -OCH3 is 1. The Bertz CT molecular complexity index is 546. The molecule has 1 atom stereocenters. The minimum absolute atomic E-state index is 0.233. The van der Waals surface area contributed by atoms with Gasteiger partial charge in [-0.3, -0.25) is 4.79 Å². The van der Waals surface area contributed by atoms with E-state index in [1.165, 1.54) is 0 Å². The third-order valence-electron chi connectivity index (χ3n) is 3.10. The van der Waals surface area contributed by atoms with Crippen LogP contribution in [-0.4, -0.2) is 19.7 Å². The summed E-state index contributed by atoms with van der Waals surface area (Å²) in [5.74, 6) is 0.135. The first-order valence-corrected chi connectivity index (χ1v) is 6.61.